The Balaban J connectivity index is 0.998. The summed E-state index contributed by atoms with van der Waals surface area (Å²) in [6.45, 7) is 0. The number of nitrogens with zero attached hydrogens (tertiary/aromatic N) is 2. The molecule has 0 saturated heterocycles. The van der Waals surface area contributed by atoms with Crippen LogP contribution in [0.1, 0.15) is 0 Å². The number of rotatable bonds is 10. The first kappa shape index (κ1) is 41.7. The molecule has 0 unspecified atom stereocenters. The predicted molar refractivity (Wildman–Crippen MR) is 300 cm³/mol. The van der Waals surface area contributed by atoms with Gasteiger partial charge >= 0.3 is 0 Å². The fraction of sp³-hybridized carbons (Fsp3) is 0. The molecule has 3 nitrogen and oxygen atoms in total. The number of benzene rings is 12. The summed E-state index contributed by atoms with van der Waals surface area (Å²) < 4.78 is 6.55. The summed E-state index contributed by atoms with van der Waals surface area (Å²) in [6.07, 6.45) is 0. The van der Waals surface area contributed by atoms with Crippen molar-refractivity contribution in [2.75, 3.05) is 9.80 Å². The van der Waals surface area contributed by atoms with Gasteiger partial charge in [-0.05, 0) is 128 Å². The summed E-state index contributed by atoms with van der Waals surface area (Å²) in [4.78, 5) is 4.83. The molecule has 71 heavy (non-hydrogen) atoms. The van der Waals surface area contributed by atoms with E-state index >= 15 is 0 Å². The van der Waals surface area contributed by atoms with E-state index in [9.17, 15) is 0 Å². The molecule has 13 aromatic rings. The number of fused-ring (bicyclic) bond motifs is 5. The molecule has 1 heterocycles. The molecule has 0 atom stereocenters. The summed E-state index contributed by atoms with van der Waals surface area (Å²) in [5.41, 5.74) is 17.2. The molecule has 3 heteroatoms. The largest absolute Gasteiger partial charge is 0.456 e. The number of para-hydroxylation sites is 3. The number of anilines is 6. The second-order valence-corrected chi connectivity index (χ2v) is 18.1. The van der Waals surface area contributed by atoms with E-state index in [1.165, 1.54) is 43.8 Å². The molecule has 1 aromatic heterocycles. The summed E-state index contributed by atoms with van der Waals surface area (Å²) in [5.74, 6) is 0. The topological polar surface area (TPSA) is 19.6 Å². The van der Waals surface area contributed by atoms with Crippen molar-refractivity contribution in [2.45, 2.75) is 0 Å². The fourth-order valence-electron chi connectivity index (χ4n) is 10.5. The Morgan fingerprint density at radius 3 is 1.51 bits per heavy atom. The second kappa shape index (κ2) is 17.9. The van der Waals surface area contributed by atoms with Crippen molar-refractivity contribution < 1.29 is 4.42 Å². The van der Waals surface area contributed by atoms with Crippen molar-refractivity contribution in [3.63, 3.8) is 0 Å². The maximum atomic E-state index is 6.55. The van der Waals surface area contributed by atoms with Crippen LogP contribution in [0.2, 0.25) is 0 Å². The van der Waals surface area contributed by atoms with E-state index in [4.69, 9.17) is 4.42 Å². The third-order valence-corrected chi connectivity index (χ3v) is 13.8. The molecule has 0 spiro atoms. The number of furan rings is 1. The minimum atomic E-state index is 0.844. The molecular weight excluding hydrogens is 861 g/mol. The fourth-order valence-corrected chi connectivity index (χ4v) is 10.5. The maximum absolute atomic E-state index is 6.55. The van der Waals surface area contributed by atoms with Crippen LogP contribution in [0.25, 0.3) is 88.0 Å². The molecular formula is C68H46N2O. The Morgan fingerprint density at radius 1 is 0.239 bits per heavy atom. The van der Waals surface area contributed by atoms with Gasteiger partial charge in [0.1, 0.15) is 11.2 Å². The number of hydrogen-bond acceptors (Lipinski definition) is 3. The highest BCUT2D eigenvalue weighted by atomic mass is 16.3. The average molecular weight is 907 g/mol. The van der Waals surface area contributed by atoms with Gasteiger partial charge in [-0.15, -0.1) is 0 Å². The van der Waals surface area contributed by atoms with E-state index in [1.807, 2.05) is 6.07 Å². The van der Waals surface area contributed by atoms with E-state index < -0.39 is 0 Å². The lowest BCUT2D eigenvalue weighted by Gasteiger charge is -2.31. The first-order valence-electron chi connectivity index (χ1n) is 24.2. The molecule has 12 aromatic carbocycles. The van der Waals surface area contributed by atoms with Gasteiger partial charge in [0.15, 0.2) is 0 Å². The molecule has 13 rings (SSSR count). The van der Waals surface area contributed by atoms with Crippen LogP contribution in [0.5, 0.6) is 0 Å². The monoisotopic (exact) mass is 906 g/mol. The van der Waals surface area contributed by atoms with Crippen molar-refractivity contribution in [3.8, 4) is 44.5 Å². The van der Waals surface area contributed by atoms with Crippen LogP contribution >= 0.6 is 0 Å². The van der Waals surface area contributed by atoms with Crippen LogP contribution in [-0.4, -0.2) is 0 Å². The van der Waals surface area contributed by atoms with E-state index in [-0.39, 0.29) is 0 Å². The summed E-state index contributed by atoms with van der Waals surface area (Å²) >= 11 is 0. The zero-order chi connectivity index (χ0) is 47.1. The average Bonchev–Trinajstić information content (AvgIpc) is 3.84. The van der Waals surface area contributed by atoms with Crippen LogP contribution in [0, 0.1) is 0 Å². The van der Waals surface area contributed by atoms with Crippen LogP contribution in [-0.2, 0) is 0 Å². The normalized spacial score (nSPS) is 11.4. The third kappa shape index (κ3) is 7.67. The molecule has 0 N–H and O–H groups in total. The molecule has 0 saturated carbocycles. The molecule has 0 aliphatic heterocycles. The minimum absolute atomic E-state index is 0.844. The van der Waals surface area contributed by atoms with E-state index in [0.717, 1.165) is 78.3 Å². The smallest absolute Gasteiger partial charge is 0.137 e. The highest BCUT2D eigenvalue weighted by Crippen LogP contribution is 2.49. The van der Waals surface area contributed by atoms with Crippen LogP contribution < -0.4 is 9.80 Å². The van der Waals surface area contributed by atoms with Gasteiger partial charge in [-0.1, -0.05) is 206 Å². The van der Waals surface area contributed by atoms with Gasteiger partial charge in [0.25, 0.3) is 0 Å². The molecule has 0 amide bonds. The lowest BCUT2D eigenvalue weighted by molar-refractivity contribution is 0.669. The van der Waals surface area contributed by atoms with Crippen molar-refractivity contribution in [1.82, 2.24) is 0 Å². The molecule has 334 valence electrons. The quantitative estimate of drug-likeness (QED) is 0.136. The lowest BCUT2D eigenvalue weighted by atomic mass is 9.96. The Bertz CT molecular complexity index is 4050. The first-order chi connectivity index (χ1) is 35.2. The summed E-state index contributed by atoms with van der Waals surface area (Å²) in [5, 5.41) is 7.07. The zero-order valence-corrected chi connectivity index (χ0v) is 38.9. The van der Waals surface area contributed by atoms with Crippen LogP contribution in [0.15, 0.2) is 283 Å². The summed E-state index contributed by atoms with van der Waals surface area (Å²) in [6, 6.07) is 101. The lowest BCUT2D eigenvalue weighted by Crippen LogP contribution is -2.14. The van der Waals surface area contributed by atoms with Gasteiger partial charge in [0.2, 0.25) is 0 Å². The van der Waals surface area contributed by atoms with Gasteiger partial charge in [0.05, 0.1) is 22.4 Å². The Hall–Kier alpha value is -9.44. The van der Waals surface area contributed by atoms with Crippen molar-refractivity contribution in [2.24, 2.45) is 0 Å². The molecule has 0 radical (unpaired) electrons. The third-order valence-electron chi connectivity index (χ3n) is 13.8. The standard InChI is InChI=1S/C68H46N2O/c1-2-17-47(18-3-1)53-23-14-24-57(46-53)70(65-32-16-34-67-68(65)62-28-10-13-33-66(62)71-67)64-31-12-9-27-61(64)60-26-8-11-30-63(60)69(55-41-37-49(38-42-55)54-36-35-48-19-4-5-21-52(48)45-54)56-43-39-51(40-44-56)59-29-15-22-50-20-6-7-25-58(50)59/h1-46H. The van der Waals surface area contributed by atoms with Crippen molar-refractivity contribution >= 4 is 77.6 Å². The van der Waals surface area contributed by atoms with Crippen molar-refractivity contribution in [1.29, 1.82) is 0 Å². The van der Waals surface area contributed by atoms with Gasteiger partial charge < -0.3 is 14.2 Å². The van der Waals surface area contributed by atoms with E-state index in [2.05, 4.69) is 283 Å². The highest BCUT2D eigenvalue weighted by Gasteiger charge is 2.25. The SMILES string of the molecule is c1ccc(-c2cccc(N(c3ccccc3-c3ccccc3N(c3ccc(-c4ccc5ccccc5c4)cc3)c3ccc(-c4cccc5ccccc45)cc3)c3cccc4oc5ccccc5c34)c2)cc1. The van der Waals surface area contributed by atoms with Crippen molar-refractivity contribution in [3.05, 3.63) is 279 Å². The highest BCUT2D eigenvalue weighted by molar-refractivity contribution is 6.14. The first-order valence-corrected chi connectivity index (χ1v) is 24.2. The van der Waals surface area contributed by atoms with E-state index in [0.29, 0.717) is 0 Å². The minimum Gasteiger partial charge on any atom is -0.456 e. The molecule has 0 bridgehead atoms. The molecule has 0 fully saturated rings. The molecule has 0 aliphatic carbocycles. The maximum Gasteiger partial charge on any atom is 0.137 e. The van der Waals surface area contributed by atoms with Crippen LogP contribution in [0.3, 0.4) is 0 Å². The van der Waals surface area contributed by atoms with Gasteiger partial charge in [-0.3, -0.25) is 0 Å². The van der Waals surface area contributed by atoms with Crippen LogP contribution in [0.4, 0.5) is 34.1 Å². The number of hydrogen-bond donors (Lipinski definition) is 0. The predicted octanol–water partition coefficient (Wildman–Crippen LogP) is 19.5. The molecule has 0 aliphatic rings. The van der Waals surface area contributed by atoms with Gasteiger partial charge in [-0.2, -0.15) is 0 Å². The second-order valence-electron chi connectivity index (χ2n) is 18.1. The Morgan fingerprint density at radius 2 is 0.732 bits per heavy atom. The van der Waals surface area contributed by atoms with Gasteiger partial charge in [0, 0.05) is 33.6 Å². The van der Waals surface area contributed by atoms with E-state index in [1.54, 1.807) is 0 Å². The summed E-state index contributed by atoms with van der Waals surface area (Å²) in [7, 11) is 0. The Kier molecular flexibility index (Phi) is 10.5. The van der Waals surface area contributed by atoms with Gasteiger partial charge in [-0.25, -0.2) is 0 Å². The zero-order valence-electron chi connectivity index (χ0n) is 38.9. The Labute approximate surface area is 413 Å².